The van der Waals surface area contributed by atoms with Crippen LogP contribution in [0.5, 0.6) is 17.2 Å². The average molecular weight is 331 g/mol. The summed E-state index contributed by atoms with van der Waals surface area (Å²) in [6.07, 6.45) is 2.11. The number of hydrogen-bond acceptors (Lipinski definition) is 5. The third kappa shape index (κ3) is 3.96. The molecule has 0 atom stereocenters. The fourth-order valence-electron chi connectivity index (χ4n) is 2.16. The molecule has 6 nitrogen and oxygen atoms in total. The molecule has 7 heteroatoms. The lowest BCUT2D eigenvalue weighted by Gasteiger charge is -2.16. The van der Waals surface area contributed by atoms with Gasteiger partial charge in [-0.15, -0.1) is 12.4 Å². The first-order valence-electron chi connectivity index (χ1n) is 6.90. The van der Waals surface area contributed by atoms with Crippen LogP contribution in [0.2, 0.25) is 0 Å². The van der Waals surface area contributed by atoms with Crippen molar-refractivity contribution in [1.29, 1.82) is 0 Å². The number of nitrogens with two attached hydrogens (primary N) is 1. The number of halogens is 1. The molecule has 0 bridgehead atoms. The number of amides is 1. The van der Waals surface area contributed by atoms with Crippen molar-refractivity contribution < 1.29 is 19.0 Å². The number of carbonyl (C=O) groups is 1. The first-order chi connectivity index (χ1) is 10.0. The Bertz CT molecular complexity index is 507. The molecular weight excluding hydrogens is 308 g/mol. The summed E-state index contributed by atoms with van der Waals surface area (Å²) in [5.74, 6) is 1.92. The van der Waals surface area contributed by atoms with Crippen LogP contribution in [0.3, 0.4) is 0 Å². The normalized spacial score (nSPS) is 14.5. The molecule has 22 heavy (non-hydrogen) atoms. The molecular formula is C15H23ClN2O4. The molecule has 1 aromatic carbocycles. The van der Waals surface area contributed by atoms with Crippen LogP contribution in [0.4, 0.5) is 0 Å². The molecule has 124 valence electrons. The van der Waals surface area contributed by atoms with E-state index in [4.69, 9.17) is 19.9 Å². The summed E-state index contributed by atoms with van der Waals surface area (Å²) in [5.41, 5.74) is 6.09. The van der Waals surface area contributed by atoms with Gasteiger partial charge in [0.25, 0.3) is 0 Å². The Morgan fingerprint density at radius 1 is 1.18 bits per heavy atom. The van der Waals surface area contributed by atoms with Gasteiger partial charge >= 0.3 is 0 Å². The predicted molar refractivity (Wildman–Crippen MR) is 86.2 cm³/mol. The van der Waals surface area contributed by atoms with Crippen LogP contribution < -0.4 is 25.3 Å². The molecule has 1 fully saturated rings. The summed E-state index contributed by atoms with van der Waals surface area (Å²) in [4.78, 5) is 11.8. The highest BCUT2D eigenvalue weighted by molar-refractivity contribution is 5.88. The fourth-order valence-corrected chi connectivity index (χ4v) is 2.16. The van der Waals surface area contributed by atoms with Gasteiger partial charge in [0.15, 0.2) is 0 Å². The van der Waals surface area contributed by atoms with E-state index >= 15 is 0 Å². The second-order valence-electron chi connectivity index (χ2n) is 5.17. The largest absolute Gasteiger partial charge is 0.496 e. The first-order valence-corrected chi connectivity index (χ1v) is 6.90. The zero-order chi connectivity index (χ0) is 15.5. The van der Waals surface area contributed by atoms with Crippen LogP contribution in [0.15, 0.2) is 12.1 Å². The molecule has 0 aromatic heterocycles. The molecule has 2 rings (SSSR count). The number of carbonyl (C=O) groups excluding carboxylic acids is 1. The molecule has 1 amide bonds. The van der Waals surface area contributed by atoms with Gasteiger partial charge in [0, 0.05) is 24.2 Å². The van der Waals surface area contributed by atoms with E-state index in [-0.39, 0.29) is 18.3 Å². The van der Waals surface area contributed by atoms with E-state index in [1.165, 1.54) is 0 Å². The highest BCUT2D eigenvalue weighted by atomic mass is 35.5. The number of benzene rings is 1. The van der Waals surface area contributed by atoms with Gasteiger partial charge in [-0.2, -0.15) is 0 Å². The van der Waals surface area contributed by atoms with Crippen LogP contribution in [-0.4, -0.2) is 39.3 Å². The van der Waals surface area contributed by atoms with Crippen LogP contribution in [0.25, 0.3) is 0 Å². The summed E-state index contributed by atoms with van der Waals surface area (Å²) < 4.78 is 15.9. The number of ether oxygens (including phenoxy) is 3. The van der Waals surface area contributed by atoms with E-state index in [0.717, 1.165) is 18.4 Å². The zero-order valence-corrected chi connectivity index (χ0v) is 13.9. The second-order valence-corrected chi connectivity index (χ2v) is 5.17. The molecule has 1 saturated carbocycles. The van der Waals surface area contributed by atoms with E-state index in [9.17, 15) is 4.79 Å². The average Bonchev–Trinajstić information content (AvgIpc) is 3.25. The topological polar surface area (TPSA) is 82.8 Å². The van der Waals surface area contributed by atoms with Crippen molar-refractivity contribution in [3.63, 3.8) is 0 Å². The number of nitrogens with one attached hydrogen (secondary N) is 1. The van der Waals surface area contributed by atoms with E-state index in [0.29, 0.717) is 30.2 Å². The first kappa shape index (κ1) is 18.4. The predicted octanol–water partition coefficient (Wildman–Crippen LogP) is 1.28. The Labute approximate surface area is 136 Å². The fraction of sp³-hybridized carbons (Fsp3) is 0.533. The molecule has 0 spiro atoms. The Morgan fingerprint density at radius 2 is 1.73 bits per heavy atom. The molecule has 1 aromatic rings. The van der Waals surface area contributed by atoms with Gasteiger partial charge in [0.05, 0.1) is 26.9 Å². The Kier molecular flexibility index (Phi) is 6.32. The lowest BCUT2D eigenvalue weighted by Crippen LogP contribution is -2.43. The van der Waals surface area contributed by atoms with Crippen LogP contribution >= 0.6 is 12.4 Å². The molecule has 1 aliphatic carbocycles. The standard InChI is InChI=1S/C15H22N2O4.ClH/c1-19-10-8-12(20-2)11(13(9-10)21-3)4-7-17-14(18)15(16)5-6-15;/h8-9H,4-7,16H2,1-3H3,(H,17,18);1H. The highest BCUT2D eigenvalue weighted by Crippen LogP contribution is 2.34. The maximum absolute atomic E-state index is 11.8. The lowest BCUT2D eigenvalue weighted by molar-refractivity contribution is -0.123. The Balaban J connectivity index is 0.00000242. The van der Waals surface area contributed by atoms with Crippen molar-refractivity contribution in [1.82, 2.24) is 5.32 Å². The van der Waals surface area contributed by atoms with Crippen LogP contribution in [0, 0.1) is 0 Å². The summed E-state index contributed by atoms with van der Waals surface area (Å²) in [6, 6.07) is 3.59. The number of methoxy groups -OCH3 is 3. The molecule has 1 aliphatic rings. The van der Waals surface area contributed by atoms with Gasteiger partial charge in [0.1, 0.15) is 17.2 Å². The third-order valence-corrected chi connectivity index (χ3v) is 3.72. The molecule has 0 radical (unpaired) electrons. The monoisotopic (exact) mass is 330 g/mol. The zero-order valence-electron chi connectivity index (χ0n) is 13.1. The molecule has 0 heterocycles. The minimum atomic E-state index is -0.645. The summed E-state index contributed by atoms with van der Waals surface area (Å²) in [5, 5.41) is 2.86. The van der Waals surface area contributed by atoms with Crippen molar-refractivity contribution in [2.75, 3.05) is 27.9 Å². The van der Waals surface area contributed by atoms with E-state index in [1.54, 1.807) is 33.5 Å². The van der Waals surface area contributed by atoms with Crippen molar-refractivity contribution in [3.05, 3.63) is 17.7 Å². The minimum absolute atomic E-state index is 0. The smallest absolute Gasteiger partial charge is 0.240 e. The molecule has 0 unspecified atom stereocenters. The van der Waals surface area contributed by atoms with Gasteiger partial charge in [-0.3, -0.25) is 4.79 Å². The summed E-state index contributed by atoms with van der Waals surface area (Å²) in [7, 11) is 4.77. The van der Waals surface area contributed by atoms with E-state index in [2.05, 4.69) is 5.32 Å². The van der Waals surface area contributed by atoms with Crippen LogP contribution in [-0.2, 0) is 11.2 Å². The van der Waals surface area contributed by atoms with E-state index in [1.807, 2.05) is 0 Å². The maximum atomic E-state index is 11.8. The Hall–Kier alpha value is -1.66. The SMILES string of the molecule is COc1cc(OC)c(CCNC(=O)C2(N)CC2)c(OC)c1.Cl. The van der Waals surface area contributed by atoms with Gasteiger partial charge < -0.3 is 25.3 Å². The number of hydrogen-bond donors (Lipinski definition) is 2. The third-order valence-electron chi connectivity index (χ3n) is 3.72. The van der Waals surface area contributed by atoms with Gasteiger partial charge in [-0.1, -0.05) is 0 Å². The van der Waals surface area contributed by atoms with Crippen molar-refractivity contribution in [2.45, 2.75) is 24.8 Å². The van der Waals surface area contributed by atoms with Crippen molar-refractivity contribution in [2.24, 2.45) is 5.73 Å². The lowest BCUT2D eigenvalue weighted by atomic mass is 10.1. The molecule has 0 aliphatic heterocycles. The minimum Gasteiger partial charge on any atom is -0.496 e. The highest BCUT2D eigenvalue weighted by Gasteiger charge is 2.45. The molecule has 3 N–H and O–H groups in total. The molecule has 0 saturated heterocycles. The van der Waals surface area contributed by atoms with Crippen molar-refractivity contribution in [3.8, 4) is 17.2 Å². The second kappa shape index (κ2) is 7.56. The van der Waals surface area contributed by atoms with E-state index < -0.39 is 5.54 Å². The number of rotatable bonds is 7. The maximum Gasteiger partial charge on any atom is 0.240 e. The van der Waals surface area contributed by atoms with Gasteiger partial charge in [-0.05, 0) is 19.3 Å². The Morgan fingerprint density at radius 3 is 2.14 bits per heavy atom. The quantitative estimate of drug-likeness (QED) is 0.787. The van der Waals surface area contributed by atoms with Gasteiger partial charge in [-0.25, -0.2) is 0 Å². The van der Waals surface area contributed by atoms with Crippen LogP contribution in [0.1, 0.15) is 18.4 Å². The summed E-state index contributed by atoms with van der Waals surface area (Å²) in [6.45, 7) is 0.483. The van der Waals surface area contributed by atoms with Crippen molar-refractivity contribution >= 4 is 18.3 Å². The summed E-state index contributed by atoms with van der Waals surface area (Å²) >= 11 is 0. The van der Waals surface area contributed by atoms with Gasteiger partial charge in [0.2, 0.25) is 5.91 Å².